The fourth-order valence-corrected chi connectivity index (χ4v) is 5.08. The summed E-state index contributed by atoms with van der Waals surface area (Å²) in [5.74, 6) is 1.23. The van der Waals surface area contributed by atoms with Gasteiger partial charge in [-0.2, -0.15) is 0 Å². The van der Waals surface area contributed by atoms with E-state index in [4.69, 9.17) is 9.47 Å². The number of ether oxygens (including phenoxy) is 2. The summed E-state index contributed by atoms with van der Waals surface area (Å²) in [7, 11) is -2.15. The lowest BCUT2D eigenvalue weighted by Crippen LogP contribution is -2.42. The number of rotatable bonds is 4. The van der Waals surface area contributed by atoms with Gasteiger partial charge in [-0.15, -0.1) is 11.3 Å². The van der Waals surface area contributed by atoms with Crippen LogP contribution in [0.4, 0.5) is 0 Å². The molecule has 0 saturated carbocycles. The van der Waals surface area contributed by atoms with Crippen LogP contribution < -0.4 is 14.2 Å². The number of hydrogen-bond donors (Lipinski definition) is 1. The maximum atomic E-state index is 12.5. The van der Waals surface area contributed by atoms with E-state index >= 15 is 0 Å². The molecule has 1 N–H and O–H groups in total. The SMILES string of the molecule is COc1ccsc1S(=O)(=O)N[C@H]1COc2c(C)cccc2C1. The minimum Gasteiger partial charge on any atom is -0.494 e. The van der Waals surface area contributed by atoms with E-state index < -0.39 is 10.0 Å². The van der Waals surface area contributed by atoms with E-state index in [0.717, 1.165) is 28.2 Å². The van der Waals surface area contributed by atoms with Gasteiger partial charge in [-0.1, -0.05) is 18.2 Å². The van der Waals surface area contributed by atoms with Crippen molar-refractivity contribution in [2.45, 2.75) is 23.6 Å². The van der Waals surface area contributed by atoms with Gasteiger partial charge >= 0.3 is 0 Å². The van der Waals surface area contributed by atoms with Crippen molar-refractivity contribution in [3.05, 3.63) is 40.8 Å². The van der Waals surface area contributed by atoms with Crippen LogP contribution in [-0.4, -0.2) is 28.2 Å². The highest BCUT2D eigenvalue weighted by molar-refractivity contribution is 7.91. The van der Waals surface area contributed by atoms with Crippen LogP contribution in [0.1, 0.15) is 11.1 Å². The van der Waals surface area contributed by atoms with Gasteiger partial charge in [0.25, 0.3) is 10.0 Å². The predicted molar refractivity (Wildman–Crippen MR) is 85.4 cm³/mol. The minimum absolute atomic E-state index is 0.199. The summed E-state index contributed by atoms with van der Waals surface area (Å²) in [5, 5.41) is 1.70. The molecule has 5 nitrogen and oxygen atoms in total. The van der Waals surface area contributed by atoms with Crippen molar-refractivity contribution in [2.24, 2.45) is 0 Å². The Morgan fingerprint density at radius 3 is 2.95 bits per heavy atom. The van der Waals surface area contributed by atoms with Gasteiger partial charge in [0.05, 0.1) is 13.2 Å². The highest BCUT2D eigenvalue weighted by atomic mass is 32.2. The number of hydrogen-bond acceptors (Lipinski definition) is 5. The normalized spacial score (nSPS) is 17.6. The van der Waals surface area contributed by atoms with Crippen LogP contribution in [0.3, 0.4) is 0 Å². The molecule has 2 heterocycles. The van der Waals surface area contributed by atoms with Gasteiger partial charge in [-0.05, 0) is 35.9 Å². The number of sulfonamides is 1. The first kappa shape index (κ1) is 15.3. The van der Waals surface area contributed by atoms with Crippen LogP contribution in [-0.2, 0) is 16.4 Å². The Morgan fingerprint density at radius 1 is 1.36 bits per heavy atom. The number of fused-ring (bicyclic) bond motifs is 1. The van der Waals surface area contributed by atoms with Crippen molar-refractivity contribution >= 4 is 21.4 Å². The van der Waals surface area contributed by atoms with Gasteiger partial charge in [0.1, 0.15) is 18.1 Å². The number of thiophene rings is 1. The first-order valence-corrected chi connectivity index (χ1v) is 9.22. The number of aryl methyl sites for hydroxylation is 1. The molecule has 118 valence electrons. The lowest BCUT2D eigenvalue weighted by atomic mass is 10.0. The van der Waals surface area contributed by atoms with Crippen molar-refractivity contribution in [3.8, 4) is 11.5 Å². The van der Waals surface area contributed by atoms with Gasteiger partial charge in [-0.3, -0.25) is 0 Å². The summed E-state index contributed by atoms with van der Waals surface area (Å²) in [6.07, 6.45) is 0.615. The Labute approximate surface area is 133 Å². The molecule has 7 heteroatoms. The first-order chi connectivity index (χ1) is 10.5. The second-order valence-electron chi connectivity index (χ2n) is 5.17. The van der Waals surface area contributed by atoms with E-state index in [1.54, 1.807) is 11.4 Å². The van der Waals surface area contributed by atoms with E-state index in [-0.39, 0.29) is 10.3 Å². The number of para-hydroxylation sites is 1. The van der Waals surface area contributed by atoms with Crippen molar-refractivity contribution in [1.82, 2.24) is 4.72 Å². The molecule has 0 spiro atoms. The maximum Gasteiger partial charge on any atom is 0.254 e. The van der Waals surface area contributed by atoms with Gasteiger partial charge in [0.15, 0.2) is 4.21 Å². The topological polar surface area (TPSA) is 64.6 Å². The van der Waals surface area contributed by atoms with E-state index in [9.17, 15) is 8.42 Å². The fraction of sp³-hybridized carbons (Fsp3) is 0.333. The van der Waals surface area contributed by atoms with Gasteiger partial charge in [-0.25, -0.2) is 13.1 Å². The number of methoxy groups -OCH3 is 1. The Morgan fingerprint density at radius 2 is 2.18 bits per heavy atom. The van der Waals surface area contributed by atoms with Gasteiger partial charge in [0, 0.05) is 0 Å². The molecule has 0 aliphatic carbocycles. The highest BCUT2D eigenvalue weighted by Gasteiger charge is 2.28. The van der Waals surface area contributed by atoms with Gasteiger partial charge < -0.3 is 9.47 Å². The average Bonchev–Trinajstić information content (AvgIpc) is 2.96. The molecule has 0 fully saturated rings. The molecule has 1 aliphatic rings. The zero-order valence-electron chi connectivity index (χ0n) is 12.3. The van der Waals surface area contributed by atoms with E-state index in [0.29, 0.717) is 18.8 Å². The summed E-state index contributed by atoms with van der Waals surface area (Å²) in [6, 6.07) is 7.27. The molecule has 1 aromatic heterocycles. The smallest absolute Gasteiger partial charge is 0.254 e. The summed E-state index contributed by atoms with van der Waals surface area (Å²) in [6.45, 7) is 2.31. The third kappa shape index (κ3) is 2.84. The van der Waals surface area contributed by atoms with Crippen molar-refractivity contribution < 1.29 is 17.9 Å². The molecule has 2 aromatic rings. The summed E-state index contributed by atoms with van der Waals surface area (Å²) in [5.41, 5.74) is 2.09. The van der Waals surface area contributed by atoms with Crippen LogP contribution >= 0.6 is 11.3 Å². The monoisotopic (exact) mass is 339 g/mol. The summed E-state index contributed by atoms with van der Waals surface area (Å²) in [4.78, 5) is 0. The molecule has 1 atom stereocenters. The molecule has 0 unspecified atom stereocenters. The molecule has 0 radical (unpaired) electrons. The van der Waals surface area contributed by atoms with E-state index in [1.807, 2.05) is 25.1 Å². The van der Waals surface area contributed by atoms with Crippen LogP contribution in [0.15, 0.2) is 33.9 Å². The molecule has 1 aliphatic heterocycles. The van der Waals surface area contributed by atoms with Crippen LogP contribution in [0.25, 0.3) is 0 Å². The van der Waals surface area contributed by atoms with Crippen molar-refractivity contribution in [2.75, 3.05) is 13.7 Å². The van der Waals surface area contributed by atoms with Crippen molar-refractivity contribution in [1.29, 1.82) is 0 Å². The summed E-state index contributed by atoms with van der Waals surface area (Å²) >= 11 is 1.14. The zero-order chi connectivity index (χ0) is 15.7. The quantitative estimate of drug-likeness (QED) is 0.929. The lowest BCUT2D eigenvalue weighted by molar-refractivity contribution is 0.252. The molecule has 0 saturated heterocycles. The maximum absolute atomic E-state index is 12.5. The molecular weight excluding hydrogens is 322 g/mol. The summed E-state index contributed by atoms with van der Waals surface area (Å²) < 4.78 is 38.7. The van der Waals surface area contributed by atoms with Crippen molar-refractivity contribution in [3.63, 3.8) is 0 Å². The Hall–Kier alpha value is -1.57. The largest absolute Gasteiger partial charge is 0.494 e. The minimum atomic E-state index is -3.61. The zero-order valence-corrected chi connectivity index (χ0v) is 14.0. The van der Waals surface area contributed by atoms with Crippen LogP contribution in [0.2, 0.25) is 0 Å². The van der Waals surface area contributed by atoms with Crippen LogP contribution in [0, 0.1) is 6.92 Å². The highest BCUT2D eigenvalue weighted by Crippen LogP contribution is 2.31. The molecule has 3 rings (SSSR count). The number of nitrogens with one attached hydrogen (secondary N) is 1. The first-order valence-electron chi connectivity index (χ1n) is 6.86. The molecular formula is C15H17NO4S2. The van der Waals surface area contributed by atoms with Crippen LogP contribution in [0.5, 0.6) is 11.5 Å². The second-order valence-corrected chi connectivity index (χ2v) is 8.00. The second kappa shape index (κ2) is 5.91. The Balaban J connectivity index is 1.80. The predicted octanol–water partition coefficient (Wildman–Crippen LogP) is 2.35. The third-order valence-corrected chi connectivity index (χ3v) is 6.54. The average molecular weight is 339 g/mol. The lowest BCUT2D eigenvalue weighted by Gasteiger charge is -2.26. The molecule has 22 heavy (non-hydrogen) atoms. The molecule has 0 amide bonds. The fourth-order valence-electron chi connectivity index (χ4n) is 2.57. The Bertz CT molecular complexity index is 783. The van der Waals surface area contributed by atoms with Gasteiger partial charge in [0.2, 0.25) is 0 Å². The Kier molecular flexibility index (Phi) is 4.12. The van der Waals surface area contributed by atoms with E-state index in [2.05, 4.69) is 4.72 Å². The molecule has 0 bridgehead atoms. The van der Waals surface area contributed by atoms with E-state index in [1.165, 1.54) is 7.11 Å². The molecule has 1 aromatic carbocycles. The number of benzene rings is 1. The standard InChI is InChI=1S/C15H17NO4S2/c1-10-4-3-5-11-8-12(9-20-14(10)11)16-22(17,18)15-13(19-2)6-7-21-15/h3-7,12,16H,8-9H2,1-2H3/t12-/m1/s1. The third-order valence-electron chi connectivity index (χ3n) is 3.57.